The second-order valence-corrected chi connectivity index (χ2v) is 22.6. The van der Waals surface area contributed by atoms with Crippen molar-refractivity contribution in [3.05, 3.63) is 60.8 Å². The standard InChI is InChI=1S/C61H113N2O7P/c1-7-10-13-16-19-22-25-27-29-31-33-35-38-41-44-47-50-53-60(64)62-58(57-69-71(66,67)68-56-55-63(4,5)6)59(52-49-46-43-40-37-24-21-18-15-12-9-3)70-61(65)54-51-48-45-42-39-36-34-32-30-28-26-23-20-17-14-11-8-2/h19,22,27-30,33,35,49,52,58-59H,7-18,20-21,23-26,31-32,34,36-48,50-51,53-57H2,1-6H3,(H-,62,64,66,67)/p+1/b22-19-,29-27-,30-28+,35-33-,52-49+. The zero-order chi connectivity index (χ0) is 52.2. The van der Waals surface area contributed by atoms with E-state index >= 15 is 0 Å². The van der Waals surface area contributed by atoms with Crippen LogP contribution in [0.3, 0.4) is 0 Å². The molecule has 0 aliphatic carbocycles. The van der Waals surface area contributed by atoms with Crippen LogP contribution in [-0.2, 0) is 27.9 Å². The number of likely N-dealkylation sites (N-methyl/N-ethyl adjacent to an activating group) is 1. The molecule has 0 bridgehead atoms. The highest BCUT2D eigenvalue weighted by molar-refractivity contribution is 7.47. The van der Waals surface area contributed by atoms with E-state index in [9.17, 15) is 19.0 Å². The first-order valence-electron chi connectivity index (χ1n) is 29.6. The van der Waals surface area contributed by atoms with Gasteiger partial charge in [-0.25, -0.2) is 4.57 Å². The van der Waals surface area contributed by atoms with Crippen LogP contribution in [0.2, 0.25) is 0 Å². The molecule has 3 unspecified atom stereocenters. The Kier molecular flexibility index (Phi) is 49.6. The number of phosphoric acid groups is 1. The number of hydrogen-bond acceptors (Lipinski definition) is 6. The Labute approximate surface area is 439 Å². The maximum atomic E-state index is 13.5. The molecule has 0 aliphatic rings. The Morgan fingerprint density at radius 1 is 0.493 bits per heavy atom. The molecular weight excluding hydrogens is 904 g/mol. The van der Waals surface area contributed by atoms with Crippen LogP contribution in [0.5, 0.6) is 0 Å². The molecule has 71 heavy (non-hydrogen) atoms. The number of carbonyl (C=O) groups is 2. The van der Waals surface area contributed by atoms with Gasteiger partial charge >= 0.3 is 13.8 Å². The lowest BCUT2D eigenvalue weighted by molar-refractivity contribution is -0.870. The average Bonchev–Trinajstić information content (AvgIpc) is 3.33. The number of unbranched alkanes of at least 4 members (excludes halogenated alkanes) is 29. The molecule has 9 nitrogen and oxygen atoms in total. The predicted octanol–water partition coefficient (Wildman–Crippen LogP) is 17.9. The number of phosphoric ester groups is 1. The Morgan fingerprint density at radius 2 is 0.859 bits per heavy atom. The molecule has 10 heteroatoms. The number of carbonyl (C=O) groups excluding carboxylic acids is 2. The maximum Gasteiger partial charge on any atom is 0.472 e. The second kappa shape index (κ2) is 51.2. The number of allylic oxidation sites excluding steroid dienone is 9. The zero-order valence-electron chi connectivity index (χ0n) is 47.2. The van der Waals surface area contributed by atoms with Crippen molar-refractivity contribution in [2.45, 2.75) is 277 Å². The van der Waals surface area contributed by atoms with Crippen LogP contribution < -0.4 is 5.32 Å². The molecule has 0 fully saturated rings. The van der Waals surface area contributed by atoms with Gasteiger partial charge in [0.05, 0.1) is 33.8 Å². The first kappa shape index (κ1) is 68.7. The van der Waals surface area contributed by atoms with Crippen molar-refractivity contribution < 1.29 is 37.3 Å². The summed E-state index contributed by atoms with van der Waals surface area (Å²) in [4.78, 5) is 37.6. The minimum Gasteiger partial charge on any atom is -0.456 e. The van der Waals surface area contributed by atoms with E-state index in [0.717, 1.165) is 96.3 Å². The van der Waals surface area contributed by atoms with Gasteiger partial charge in [-0.3, -0.25) is 18.6 Å². The van der Waals surface area contributed by atoms with Crippen LogP contribution in [0.25, 0.3) is 0 Å². The lowest BCUT2D eigenvalue weighted by atomic mass is 10.1. The molecular formula is C61H114N2O7P+. The zero-order valence-corrected chi connectivity index (χ0v) is 48.1. The van der Waals surface area contributed by atoms with Gasteiger partial charge in [-0.2, -0.15) is 0 Å². The largest absolute Gasteiger partial charge is 0.472 e. The van der Waals surface area contributed by atoms with E-state index in [4.69, 9.17) is 13.8 Å². The van der Waals surface area contributed by atoms with Gasteiger partial charge < -0.3 is 19.4 Å². The van der Waals surface area contributed by atoms with Crippen molar-refractivity contribution >= 4 is 19.7 Å². The molecule has 3 atom stereocenters. The van der Waals surface area contributed by atoms with Gasteiger partial charge in [-0.1, -0.05) is 217 Å². The van der Waals surface area contributed by atoms with E-state index in [1.807, 2.05) is 33.3 Å². The van der Waals surface area contributed by atoms with Gasteiger partial charge in [-0.05, 0) is 96.0 Å². The number of amides is 1. The molecule has 0 spiro atoms. The third-order valence-electron chi connectivity index (χ3n) is 12.9. The highest BCUT2D eigenvalue weighted by atomic mass is 31.2. The quantitative estimate of drug-likeness (QED) is 0.0205. The molecule has 0 aliphatic heterocycles. The maximum absolute atomic E-state index is 13.5. The SMILES string of the molecule is CCCCC/C=C\C/C=C\C/C=C\CCCCCCC(=O)NC(COP(=O)(O)OCC[N+](C)(C)C)C(/C=C/CCCCCCCCCCC)OC(=O)CCCCCCCCC/C=C/CCCCCCCC. The van der Waals surface area contributed by atoms with Gasteiger partial charge in [0, 0.05) is 12.8 Å². The molecule has 0 aromatic carbocycles. The van der Waals surface area contributed by atoms with Crippen LogP contribution >= 0.6 is 7.82 Å². The highest BCUT2D eigenvalue weighted by Crippen LogP contribution is 2.43. The summed E-state index contributed by atoms with van der Waals surface area (Å²) in [5.74, 6) is -0.533. The minimum absolute atomic E-state index is 0.0338. The summed E-state index contributed by atoms with van der Waals surface area (Å²) < 4.78 is 30.6. The van der Waals surface area contributed by atoms with E-state index < -0.39 is 20.0 Å². The van der Waals surface area contributed by atoms with Crippen molar-refractivity contribution in [3.63, 3.8) is 0 Å². The van der Waals surface area contributed by atoms with E-state index in [2.05, 4.69) is 74.7 Å². The third kappa shape index (κ3) is 52.4. The lowest BCUT2D eigenvalue weighted by Gasteiger charge is -2.27. The number of nitrogens with one attached hydrogen (secondary N) is 1. The lowest BCUT2D eigenvalue weighted by Crippen LogP contribution is -2.47. The Balaban J connectivity index is 5.33. The Bertz CT molecular complexity index is 1400. The van der Waals surface area contributed by atoms with Gasteiger partial charge in [-0.15, -0.1) is 0 Å². The first-order chi connectivity index (χ1) is 34.4. The predicted molar refractivity (Wildman–Crippen MR) is 305 cm³/mol. The number of nitrogens with zero attached hydrogens (tertiary/aromatic N) is 1. The number of quaternary nitrogens is 1. The normalized spacial score (nSPS) is 14.2. The number of hydrogen-bond donors (Lipinski definition) is 2. The van der Waals surface area contributed by atoms with E-state index in [1.54, 1.807) is 0 Å². The summed E-state index contributed by atoms with van der Waals surface area (Å²) in [6.45, 7) is 6.96. The van der Waals surface area contributed by atoms with Crippen molar-refractivity contribution in [1.82, 2.24) is 5.32 Å². The van der Waals surface area contributed by atoms with Gasteiger partial charge in [0.25, 0.3) is 0 Å². The van der Waals surface area contributed by atoms with Crippen molar-refractivity contribution in [2.24, 2.45) is 0 Å². The van der Waals surface area contributed by atoms with Crippen LogP contribution in [-0.4, -0.2) is 74.3 Å². The van der Waals surface area contributed by atoms with Crippen LogP contribution in [0.4, 0.5) is 0 Å². The summed E-state index contributed by atoms with van der Waals surface area (Å²) in [7, 11) is 1.48. The summed E-state index contributed by atoms with van der Waals surface area (Å²) in [6, 6.07) is -0.861. The second-order valence-electron chi connectivity index (χ2n) is 21.2. The van der Waals surface area contributed by atoms with E-state index in [0.29, 0.717) is 17.4 Å². The molecule has 0 radical (unpaired) electrons. The fourth-order valence-corrected chi connectivity index (χ4v) is 9.03. The molecule has 0 rings (SSSR count). The summed E-state index contributed by atoms with van der Waals surface area (Å²) in [6.07, 6.45) is 63.5. The number of rotatable bonds is 53. The molecule has 0 saturated carbocycles. The molecule has 2 N–H and O–H groups in total. The monoisotopic (exact) mass is 1020 g/mol. The number of esters is 1. The molecule has 414 valence electrons. The smallest absolute Gasteiger partial charge is 0.456 e. The van der Waals surface area contributed by atoms with Gasteiger partial charge in [0.1, 0.15) is 19.3 Å². The van der Waals surface area contributed by atoms with E-state index in [1.165, 1.54) is 135 Å². The van der Waals surface area contributed by atoms with Crippen molar-refractivity contribution in [2.75, 3.05) is 40.9 Å². The summed E-state index contributed by atoms with van der Waals surface area (Å²) >= 11 is 0. The number of ether oxygens (including phenoxy) is 1. The first-order valence-corrected chi connectivity index (χ1v) is 31.1. The highest BCUT2D eigenvalue weighted by Gasteiger charge is 2.30. The van der Waals surface area contributed by atoms with Crippen LogP contribution in [0.1, 0.15) is 265 Å². The van der Waals surface area contributed by atoms with Gasteiger partial charge in [0.2, 0.25) is 5.91 Å². The molecule has 0 aromatic rings. The fourth-order valence-electron chi connectivity index (χ4n) is 8.29. The van der Waals surface area contributed by atoms with E-state index in [-0.39, 0.29) is 31.5 Å². The molecule has 0 aromatic heterocycles. The van der Waals surface area contributed by atoms with Gasteiger partial charge in [0.15, 0.2) is 0 Å². The minimum atomic E-state index is -4.45. The summed E-state index contributed by atoms with van der Waals surface area (Å²) in [5.41, 5.74) is 0. The summed E-state index contributed by atoms with van der Waals surface area (Å²) in [5, 5.41) is 3.04. The topological polar surface area (TPSA) is 111 Å². The molecule has 1 amide bonds. The molecule has 0 heterocycles. The third-order valence-corrected chi connectivity index (χ3v) is 13.9. The fraction of sp³-hybridized carbons (Fsp3) is 0.803. The Hall–Kier alpha value is -2.29. The van der Waals surface area contributed by atoms with Crippen molar-refractivity contribution in [3.8, 4) is 0 Å². The van der Waals surface area contributed by atoms with Crippen LogP contribution in [0.15, 0.2) is 60.8 Å². The average molecular weight is 1020 g/mol. The van der Waals surface area contributed by atoms with Crippen LogP contribution in [0, 0.1) is 0 Å². The van der Waals surface area contributed by atoms with Crippen molar-refractivity contribution in [1.29, 1.82) is 0 Å². The molecule has 0 saturated heterocycles. The Morgan fingerprint density at radius 3 is 1.32 bits per heavy atom.